The number of carbonyl (C=O) groups is 1. The summed E-state index contributed by atoms with van der Waals surface area (Å²) in [6, 6.07) is 0.113. The summed E-state index contributed by atoms with van der Waals surface area (Å²) >= 11 is 0. The van der Waals surface area contributed by atoms with Gasteiger partial charge in [-0.3, -0.25) is 4.79 Å². The van der Waals surface area contributed by atoms with E-state index in [4.69, 9.17) is 0 Å². The lowest BCUT2D eigenvalue weighted by Crippen LogP contribution is -2.41. The van der Waals surface area contributed by atoms with Gasteiger partial charge < -0.3 is 15.7 Å². The van der Waals surface area contributed by atoms with Crippen LogP contribution in [-0.2, 0) is 4.79 Å². The Morgan fingerprint density at radius 1 is 1.58 bits per heavy atom. The van der Waals surface area contributed by atoms with E-state index in [0.29, 0.717) is 6.54 Å². The number of hydrogen-bond donors (Lipinski definition) is 3. The molecule has 1 saturated carbocycles. The van der Waals surface area contributed by atoms with Crippen LogP contribution in [0.4, 0.5) is 0 Å². The first-order valence-corrected chi connectivity index (χ1v) is 4.36. The minimum Gasteiger partial charge on any atom is -0.392 e. The molecule has 4 nitrogen and oxygen atoms in total. The minimum absolute atomic E-state index is 0.0332. The molecular weight excluding hydrogens is 156 g/mol. The summed E-state index contributed by atoms with van der Waals surface area (Å²) in [5, 5.41) is 14.9. The Kier molecular flexibility index (Phi) is 3.49. The molecule has 0 aromatic carbocycles. The van der Waals surface area contributed by atoms with Crippen molar-refractivity contribution in [2.24, 2.45) is 0 Å². The topological polar surface area (TPSA) is 61.4 Å². The van der Waals surface area contributed by atoms with Crippen LogP contribution in [0.25, 0.3) is 0 Å². The van der Waals surface area contributed by atoms with Crippen molar-refractivity contribution < 1.29 is 9.90 Å². The fraction of sp³-hybridized carbons (Fsp3) is 0.875. The van der Waals surface area contributed by atoms with Gasteiger partial charge in [-0.2, -0.15) is 0 Å². The molecule has 0 saturated heterocycles. The lowest BCUT2D eigenvalue weighted by Gasteiger charge is -2.15. The van der Waals surface area contributed by atoms with Crippen LogP contribution in [0.1, 0.15) is 19.3 Å². The second-order valence-corrected chi connectivity index (χ2v) is 3.16. The molecule has 12 heavy (non-hydrogen) atoms. The molecular formula is C8H16N2O2. The van der Waals surface area contributed by atoms with Crippen molar-refractivity contribution in [2.75, 3.05) is 13.6 Å². The Bertz CT molecular complexity index is 161. The highest BCUT2D eigenvalue weighted by atomic mass is 16.3. The Labute approximate surface area is 72.3 Å². The summed E-state index contributed by atoms with van der Waals surface area (Å²) in [5.74, 6) is -0.0332. The van der Waals surface area contributed by atoms with Crippen molar-refractivity contribution in [2.45, 2.75) is 31.4 Å². The second kappa shape index (κ2) is 4.42. The van der Waals surface area contributed by atoms with Crippen molar-refractivity contribution in [1.29, 1.82) is 0 Å². The fourth-order valence-corrected chi connectivity index (χ4v) is 1.49. The molecule has 0 aromatic rings. The van der Waals surface area contributed by atoms with Gasteiger partial charge in [-0.25, -0.2) is 0 Å². The summed E-state index contributed by atoms with van der Waals surface area (Å²) in [7, 11) is 1.61. The summed E-state index contributed by atoms with van der Waals surface area (Å²) in [6.07, 6.45) is 2.60. The van der Waals surface area contributed by atoms with Crippen molar-refractivity contribution in [3.8, 4) is 0 Å². The zero-order valence-corrected chi connectivity index (χ0v) is 7.34. The van der Waals surface area contributed by atoms with Crippen LogP contribution in [0.5, 0.6) is 0 Å². The summed E-state index contributed by atoms with van der Waals surface area (Å²) in [5.41, 5.74) is 0. The van der Waals surface area contributed by atoms with E-state index < -0.39 is 0 Å². The van der Waals surface area contributed by atoms with Gasteiger partial charge in [0.2, 0.25) is 5.91 Å². The third-order valence-electron chi connectivity index (χ3n) is 2.28. The molecule has 0 aromatic heterocycles. The monoisotopic (exact) mass is 172 g/mol. The molecule has 70 valence electrons. The second-order valence-electron chi connectivity index (χ2n) is 3.16. The Morgan fingerprint density at radius 2 is 2.33 bits per heavy atom. The molecule has 4 heteroatoms. The summed E-state index contributed by atoms with van der Waals surface area (Å²) in [6.45, 7) is 0.304. The quantitative estimate of drug-likeness (QED) is 0.524. The van der Waals surface area contributed by atoms with Gasteiger partial charge in [0.25, 0.3) is 0 Å². The van der Waals surface area contributed by atoms with Crippen LogP contribution in [0.15, 0.2) is 0 Å². The first-order valence-electron chi connectivity index (χ1n) is 4.36. The molecule has 2 atom stereocenters. The molecule has 1 fully saturated rings. The maximum absolute atomic E-state index is 10.8. The number of nitrogens with one attached hydrogen (secondary N) is 2. The average Bonchev–Trinajstić information content (AvgIpc) is 2.47. The van der Waals surface area contributed by atoms with E-state index in [-0.39, 0.29) is 18.1 Å². The molecule has 1 aliphatic carbocycles. The fourth-order valence-electron chi connectivity index (χ4n) is 1.49. The Hall–Kier alpha value is -0.610. The van der Waals surface area contributed by atoms with Gasteiger partial charge in [-0.05, 0) is 19.3 Å². The van der Waals surface area contributed by atoms with E-state index in [0.717, 1.165) is 19.3 Å². The van der Waals surface area contributed by atoms with Crippen LogP contribution in [0, 0.1) is 0 Å². The number of aliphatic hydroxyl groups is 1. The number of rotatable bonds is 3. The number of hydrogen-bond acceptors (Lipinski definition) is 3. The van der Waals surface area contributed by atoms with E-state index in [1.807, 2.05) is 0 Å². The third-order valence-corrected chi connectivity index (χ3v) is 2.28. The van der Waals surface area contributed by atoms with E-state index in [1.165, 1.54) is 0 Å². The molecule has 0 aliphatic heterocycles. The zero-order valence-electron chi connectivity index (χ0n) is 7.34. The van der Waals surface area contributed by atoms with Crippen LogP contribution >= 0.6 is 0 Å². The van der Waals surface area contributed by atoms with Crippen molar-refractivity contribution in [1.82, 2.24) is 10.6 Å². The zero-order chi connectivity index (χ0) is 8.97. The normalized spacial score (nSPS) is 28.8. The molecule has 1 amide bonds. The molecule has 0 bridgehead atoms. The predicted octanol–water partition coefficient (Wildman–Crippen LogP) is -0.765. The largest absolute Gasteiger partial charge is 0.392 e. The highest BCUT2D eigenvalue weighted by Gasteiger charge is 2.24. The lowest BCUT2D eigenvalue weighted by molar-refractivity contribution is -0.119. The first-order chi connectivity index (χ1) is 5.74. The van der Waals surface area contributed by atoms with E-state index in [9.17, 15) is 9.90 Å². The highest BCUT2D eigenvalue weighted by molar-refractivity contribution is 5.77. The van der Waals surface area contributed by atoms with Gasteiger partial charge in [0.15, 0.2) is 0 Å². The SMILES string of the molecule is CNC(=O)CN[C@@H]1CCC[C@H]1O. The van der Waals surface area contributed by atoms with Crippen LogP contribution in [0.3, 0.4) is 0 Å². The smallest absolute Gasteiger partial charge is 0.233 e. The van der Waals surface area contributed by atoms with Crippen LogP contribution in [0.2, 0.25) is 0 Å². The van der Waals surface area contributed by atoms with Gasteiger partial charge in [-0.15, -0.1) is 0 Å². The molecule has 0 unspecified atom stereocenters. The molecule has 1 aliphatic rings. The average molecular weight is 172 g/mol. The van der Waals surface area contributed by atoms with E-state index in [1.54, 1.807) is 7.05 Å². The molecule has 3 N–H and O–H groups in total. The maximum atomic E-state index is 10.8. The first kappa shape index (κ1) is 9.48. The van der Waals surface area contributed by atoms with Gasteiger partial charge in [0.05, 0.1) is 12.6 Å². The molecule has 0 heterocycles. The van der Waals surface area contributed by atoms with Crippen molar-refractivity contribution in [3.63, 3.8) is 0 Å². The van der Waals surface area contributed by atoms with E-state index in [2.05, 4.69) is 10.6 Å². The third kappa shape index (κ3) is 2.46. The number of carbonyl (C=O) groups excluding carboxylic acids is 1. The predicted molar refractivity (Wildman–Crippen MR) is 45.7 cm³/mol. The van der Waals surface area contributed by atoms with Crippen LogP contribution in [-0.4, -0.2) is 36.8 Å². The van der Waals surface area contributed by atoms with E-state index >= 15 is 0 Å². The number of likely N-dealkylation sites (N-methyl/N-ethyl adjacent to an activating group) is 1. The van der Waals surface area contributed by atoms with Gasteiger partial charge in [0.1, 0.15) is 0 Å². The van der Waals surface area contributed by atoms with Crippen molar-refractivity contribution >= 4 is 5.91 Å². The highest BCUT2D eigenvalue weighted by Crippen LogP contribution is 2.18. The molecule has 0 spiro atoms. The van der Waals surface area contributed by atoms with Crippen molar-refractivity contribution in [3.05, 3.63) is 0 Å². The number of amides is 1. The van der Waals surface area contributed by atoms with Gasteiger partial charge >= 0.3 is 0 Å². The minimum atomic E-state index is -0.269. The Balaban J connectivity index is 2.18. The standard InChI is InChI=1S/C8H16N2O2/c1-9-8(12)5-10-6-3-2-4-7(6)11/h6-7,10-11H,2-5H2,1H3,(H,9,12)/t6-,7-/m1/s1. The number of aliphatic hydroxyl groups excluding tert-OH is 1. The van der Waals surface area contributed by atoms with Gasteiger partial charge in [-0.1, -0.05) is 0 Å². The molecule has 1 rings (SSSR count). The summed E-state index contributed by atoms with van der Waals surface area (Å²) < 4.78 is 0. The lowest BCUT2D eigenvalue weighted by atomic mass is 10.2. The Morgan fingerprint density at radius 3 is 2.83 bits per heavy atom. The molecule has 0 radical (unpaired) electrons. The summed E-state index contributed by atoms with van der Waals surface area (Å²) in [4.78, 5) is 10.8. The maximum Gasteiger partial charge on any atom is 0.233 e. The van der Waals surface area contributed by atoms with Crippen LogP contribution < -0.4 is 10.6 Å². The van der Waals surface area contributed by atoms with Gasteiger partial charge in [0, 0.05) is 13.1 Å².